The predicted octanol–water partition coefficient (Wildman–Crippen LogP) is 2.80. The van der Waals surface area contributed by atoms with Gasteiger partial charge in [-0.15, -0.1) is 0 Å². The molecule has 1 aliphatic carbocycles. The third kappa shape index (κ3) is 6.47. The van der Waals surface area contributed by atoms with Crippen molar-refractivity contribution < 1.29 is 31.9 Å². The summed E-state index contributed by atoms with van der Waals surface area (Å²) in [4.78, 5) is 24.3. The van der Waals surface area contributed by atoms with E-state index in [1.165, 1.54) is 11.0 Å². The second-order valence-corrected chi connectivity index (χ2v) is 11.9. The molecule has 3 aliphatic rings. The number of sulfone groups is 1. The van der Waals surface area contributed by atoms with Gasteiger partial charge in [0.15, 0.2) is 21.4 Å². The molecule has 2 heterocycles. The number of halogens is 1. The summed E-state index contributed by atoms with van der Waals surface area (Å²) in [6.07, 6.45) is 5.07. The molecule has 0 unspecified atom stereocenters. The standard InChI is InChI=1S/C24H33FN2O6S/c25-20-7-6-19(14-21(20)33-16-18-4-5-18)24(8-11-32-12-9-24)17-34(30,31)13-3-1-2-10-27-15-22(28)26-23(27)29/h6-7,14,18H,1-5,8-13,15-17H2,(H,26,28,29). The number of carbonyl (C=O) groups is 2. The van der Waals surface area contributed by atoms with E-state index in [-0.39, 0.29) is 35.7 Å². The summed E-state index contributed by atoms with van der Waals surface area (Å²) in [7, 11) is -3.38. The first-order valence-electron chi connectivity index (χ1n) is 12.1. The normalized spacial score (nSPS) is 20.4. The van der Waals surface area contributed by atoms with Crippen LogP contribution in [-0.4, -0.2) is 69.7 Å². The fraction of sp³-hybridized carbons (Fsp3) is 0.667. The number of ether oxygens (including phenoxy) is 2. The van der Waals surface area contributed by atoms with Crippen molar-refractivity contribution in [1.29, 1.82) is 0 Å². The van der Waals surface area contributed by atoms with E-state index in [4.69, 9.17) is 9.47 Å². The minimum Gasteiger partial charge on any atom is -0.490 e. The molecule has 1 aromatic rings. The molecule has 0 radical (unpaired) electrons. The highest BCUT2D eigenvalue weighted by Crippen LogP contribution is 2.39. The lowest BCUT2D eigenvalue weighted by molar-refractivity contribution is -0.118. The quantitative estimate of drug-likeness (QED) is 0.353. The lowest BCUT2D eigenvalue weighted by Crippen LogP contribution is -2.41. The van der Waals surface area contributed by atoms with Crippen molar-refractivity contribution in [3.63, 3.8) is 0 Å². The molecule has 1 aromatic carbocycles. The van der Waals surface area contributed by atoms with E-state index in [0.29, 0.717) is 64.4 Å². The van der Waals surface area contributed by atoms with Gasteiger partial charge >= 0.3 is 6.03 Å². The van der Waals surface area contributed by atoms with Crippen LogP contribution in [0.25, 0.3) is 0 Å². The first-order valence-corrected chi connectivity index (χ1v) is 13.9. The van der Waals surface area contributed by atoms with E-state index in [1.54, 1.807) is 12.1 Å². The zero-order chi connectivity index (χ0) is 24.2. The molecule has 4 rings (SSSR count). The summed E-state index contributed by atoms with van der Waals surface area (Å²) in [6.45, 7) is 1.90. The molecule has 0 aromatic heterocycles. The molecule has 188 valence electrons. The SMILES string of the molecule is O=C1CN(CCCCCS(=O)(=O)CC2(c3ccc(F)c(OCC4CC4)c3)CCOCC2)C(=O)N1. The summed E-state index contributed by atoms with van der Waals surface area (Å²) in [5.74, 6) is -0.0236. The maximum Gasteiger partial charge on any atom is 0.324 e. The van der Waals surface area contributed by atoms with Gasteiger partial charge in [-0.05, 0) is 62.1 Å². The first-order chi connectivity index (χ1) is 16.3. The van der Waals surface area contributed by atoms with Crippen LogP contribution in [0.4, 0.5) is 9.18 Å². The van der Waals surface area contributed by atoms with Crippen LogP contribution in [0.15, 0.2) is 18.2 Å². The highest BCUT2D eigenvalue weighted by Gasteiger charge is 2.39. The lowest BCUT2D eigenvalue weighted by Gasteiger charge is -2.37. The molecule has 1 N–H and O–H groups in total. The van der Waals surface area contributed by atoms with E-state index in [0.717, 1.165) is 18.4 Å². The number of imide groups is 1. The Morgan fingerprint density at radius 2 is 1.91 bits per heavy atom. The summed E-state index contributed by atoms with van der Waals surface area (Å²) in [6, 6.07) is 4.35. The Balaban J connectivity index is 1.35. The van der Waals surface area contributed by atoms with Gasteiger partial charge in [-0.3, -0.25) is 10.1 Å². The van der Waals surface area contributed by atoms with Crippen molar-refractivity contribution in [1.82, 2.24) is 10.2 Å². The van der Waals surface area contributed by atoms with Gasteiger partial charge in [-0.1, -0.05) is 12.5 Å². The molecule has 0 atom stereocenters. The van der Waals surface area contributed by atoms with Gasteiger partial charge in [0, 0.05) is 25.2 Å². The van der Waals surface area contributed by atoms with Crippen LogP contribution in [0.2, 0.25) is 0 Å². The number of unbranched alkanes of at least 4 members (excludes halogenated alkanes) is 2. The zero-order valence-corrected chi connectivity index (χ0v) is 20.2. The van der Waals surface area contributed by atoms with Crippen LogP contribution >= 0.6 is 0 Å². The second-order valence-electron chi connectivity index (χ2n) is 9.72. The fourth-order valence-corrected chi connectivity index (χ4v) is 6.76. The first kappa shape index (κ1) is 24.9. The monoisotopic (exact) mass is 496 g/mol. The Morgan fingerprint density at radius 3 is 2.59 bits per heavy atom. The Morgan fingerprint density at radius 1 is 1.15 bits per heavy atom. The zero-order valence-electron chi connectivity index (χ0n) is 19.4. The molecule has 34 heavy (non-hydrogen) atoms. The molecule has 0 bridgehead atoms. The molecule has 1 saturated carbocycles. The molecular weight excluding hydrogens is 463 g/mol. The van der Waals surface area contributed by atoms with Crippen LogP contribution in [0.3, 0.4) is 0 Å². The number of hydrogen-bond donors (Lipinski definition) is 1. The van der Waals surface area contributed by atoms with E-state index < -0.39 is 21.1 Å². The minimum atomic E-state index is -3.38. The molecule has 0 spiro atoms. The maximum absolute atomic E-state index is 14.4. The molecule has 8 nitrogen and oxygen atoms in total. The molecular formula is C24H33FN2O6S. The van der Waals surface area contributed by atoms with Crippen LogP contribution in [-0.2, 0) is 24.8 Å². The number of benzene rings is 1. The highest BCUT2D eigenvalue weighted by molar-refractivity contribution is 7.91. The molecule has 2 saturated heterocycles. The van der Waals surface area contributed by atoms with E-state index in [9.17, 15) is 22.4 Å². The average Bonchev–Trinajstić information content (AvgIpc) is 3.56. The van der Waals surface area contributed by atoms with Crippen molar-refractivity contribution in [3.8, 4) is 5.75 Å². The third-order valence-corrected chi connectivity index (χ3v) is 8.82. The van der Waals surface area contributed by atoms with Crippen LogP contribution in [0.1, 0.15) is 50.5 Å². The predicted molar refractivity (Wildman–Crippen MR) is 124 cm³/mol. The topological polar surface area (TPSA) is 102 Å². The van der Waals surface area contributed by atoms with Crippen molar-refractivity contribution in [3.05, 3.63) is 29.6 Å². The van der Waals surface area contributed by atoms with Gasteiger partial charge in [0.25, 0.3) is 0 Å². The Labute approximate surface area is 200 Å². The third-order valence-electron chi connectivity index (χ3n) is 6.91. The number of urea groups is 1. The Hall–Kier alpha value is -2.20. The Bertz CT molecular complexity index is 1000. The van der Waals surface area contributed by atoms with Gasteiger partial charge in [0.05, 0.1) is 18.1 Å². The number of amides is 3. The number of nitrogens with zero attached hydrogens (tertiary/aromatic N) is 1. The maximum atomic E-state index is 14.4. The van der Waals surface area contributed by atoms with Crippen LogP contribution in [0.5, 0.6) is 5.75 Å². The molecule has 3 amide bonds. The highest BCUT2D eigenvalue weighted by atomic mass is 32.2. The smallest absolute Gasteiger partial charge is 0.324 e. The summed E-state index contributed by atoms with van der Waals surface area (Å²) >= 11 is 0. The van der Waals surface area contributed by atoms with E-state index in [1.807, 2.05) is 0 Å². The van der Waals surface area contributed by atoms with Crippen molar-refractivity contribution in [2.24, 2.45) is 5.92 Å². The number of carbonyl (C=O) groups excluding carboxylic acids is 2. The van der Waals surface area contributed by atoms with E-state index in [2.05, 4.69) is 5.32 Å². The van der Waals surface area contributed by atoms with Gasteiger partial charge in [0.2, 0.25) is 5.91 Å². The summed E-state index contributed by atoms with van der Waals surface area (Å²) < 4.78 is 51.8. The van der Waals surface area contributed by atoms with Crippen LogP contribution < -0.4 is 10.1 Å². The number of hydrogen-bond acceptors (Lipinski definition) is 6. The second kappa shape index (κ2) is 10.6. The average molecular weight is 497 g/mol. The lowest BCUT2D eigenvalue weighted by atomic mass is 9.76. The summed E-state index contributed by atoms with van der Waals surface area (Å²) in [5.41, 5.74) is 0.160. The largest absolute Gasteiger partial charge is 0.490 e. The summed E-state index contributed by atoms with van der Waals surface area (Å²) in [5, 5.41) is 2.23. The Kier molecular flexibility index (Phi) is 7.77. The van der Waals surface area contributed by atoms with Crippen molar-refractivity contribution >= 4 is 21.8 Å². The van der Waals surface area contributed by atoms with Gasteiger partial charge in [-0.25, -0.2) is 17.6 Å². The number of rotatable bonds is 12. The molecule has 2 aliphatic heterocycles. The van der Waals surface area contributed by atoms with Gasteiger partial charge < -0.3 is 14.4 Å². The minimum absolute atomic E-state index is 0.0138. The van der Waals surface area contributed by atoms with Gasteiger partial charge in [0.1, 0.15) is 6.54 Å². The van der Waals surface area contributed by atoms with E-state index >= 15 is 0 Å². The molecule has 3 fully saturated rings. The van der Waals surface area contributed by atoms with Crippen molar-refractivity contribution in [2.45, 2.75) is 50.4 Å². The fourth-order valence-electron chi connectivity index (χ4n) is 4.67. The van der Waals surface area contributed by atoms with Crippen LogP contribution in [0, 0.1) is 11.7 Å². The van der Waals surface area contributed by atoms with Crippen molar-refractivity contribution in [2.75, 3.05) is 44.4 Å². The number of nitrogens with one attached hydrogen (secondary N) is 1. The molecule has 10 heteroatoms. The van der Waals surface area contributed by atoms with Gasteiger partial charge in [-0.2, -0.15) is 0 Å².